The van der Waals surface area contributed by atoms with Gasteiger partial charge >= 0.3 is 0 Å². The van der Waals surface area contributed by atoms with Gasteiger partial charge in [0, 0.05) is 37.2 Å². The number of anilines is 1. The minimum atomic E-state index is 0.832. The van der Waals surface area contributed by atoms with Crippen LogP contribution in [0.2, 0.25) is 0 Å². The molecule has 110 valence electrons. The molecular weight excluding hydrogens is 260 g/mol. The summed E-state index contributed by atoms with van der Waals surface area (Å²) < 4.78 is 1.90. The zero-order valence-electron chi connectivity index (χ0n) is 12.4. The quantitative estimate of drug-likeness (QED) is 0.864. The van der Waals surface area contributed by atoms with Crippen LogP contribution in [0.1, 0.15) is 19.3 Å². The van der Waals surface area contributed by atoms with Crippen LogP contribution in [-0.2, 0) is 0 Å². The number of hydrogen-bond donors (Lipinski definition) is 0. The van der Waals surface area contributed by atoms with Gasteiger partial charge in [0.15, 0.2) is 0 Å². The zero-order chi connectivity index (χ0) is 14.1. The fourth-order valence-corrected chi connectivity index (χ4v) is 3.43. The van der Waals surface area contributed by atoms with Crippen molar-refractivity contribution in [1.82, 2.24) is 14.7 Å². The molecule has 0 saturated carbocycles. The van der Waals surface area contributed by atoms with Gasteiger partial charge in [-0.1, -0.05) is 0 Å². The van der Waals surface area contributed by atoms with E-state index in [1.165, 1.54) is 51.1 Å². The van der Waals surface area contributed by atoms with Crippen LogP contribution in [0.5, 0.6) is 0 Å². The van der Waals surface area contributed by atoms with E-state index in [2.05, 4.69) is 39.2 Å². The monoisotopic (exact) mass is 282 g/mol. The first-order valence-electron chi connectivity index (χ1n) is 7.99. The van der Waals surface area contributed by atoms with Crippen LogP contribution >= 0.6 is 0 Å². The Kier molecular flexibility index (Phi) is 3.39. The molecule has 0 amide bonds. The molecule has 4 nitrogen and oxygen atoms in total. The Morgan fingerprint density at radius 3 is 2.19 bits per heavy atom. The van der Waals surface area contributed by atoms with Gasteiger partial charge in [0.2, 0.25) is 0 Å². The van der Waals surface area contributed by atoms with Gasteiger partial charge < -0.3 is 9.80 Å². The Labute approximate surface area is 126 Å². The first-order chi connectivity index (χ1) is 10.4. The number of nitrogens with zero attached hydrogens (tertiary/aromatic N) is 4. The summed E-state index contributed by atoms with van der Waals surface area (Å²) in [7, 11) is 0. The standard InChI is InChI=1S/C17H22N4/c1-9-18-21(12-1)17-5-3-15(4-6-17)20-13-7-16(8-14-20)19-10-2-11-19/h1,3-6,9,12,16H,2,7-8,10-11,13-14H2. The zero-order valence-corrected chi connectivity index (χ0v) is 12.4. The minimum absolute atomic E-state index is 0.832. The normalized spacial score (nSPS) is 20.5. The molecule has 2 aromatic rings. The number of benzene rings is 1. The van der Waals surface area contributed by atoms with Crippen LogP contribution in [0, 0.1) is 0 Å². The van der Waals surface area contributed by atoms with Gasteiger partial charge in [-0.05, 0) is 62.7 Å². The summed E-state index contributed by atoms with van der Waals surface area (Å²) in [5.41, 5.74) is 2.46. The molecule has 1 aromatic carbocycles. The summed E-state index contributed by atoms with van der Waals surface area (Å²) in [5, 5.41) is 4.27. The fourth-order valence-electron chi connectivity index (χ4n) is 3.43. The number of piperidine rings is 1. The summed E-state index contributed by atoms with van der Waals surface area (Å²) in [6.07, 6.45) is 7.80. The highest BCUT2D eigenvalue weighted by Gasteiger charge is 2.27. The van der Waals surface area contributed by atoms with Crippen molar-refractivity contribution < 1.29 is 0 Å². The van der Waals surface area contributed by atoms with Gasteiger partial charge in [0.25, 0.3) is 0 Å². The Hall–Kier alpha value is -1.81. The number of rotatable bonds is 3. The lowest BCUT2D eigenvalue weighted by Gasteiger charge is -2.43. The van der Waals surface area contributed by atoms with Gasteiger partial charge in [-0.25, -0.2) is 4.68 Å². The molecule has 0 spiro atoms. The predicted molar refractivity (Wildman–Crippen MR) is 85.0 cm³/mol. The second kappa shape index (κ2) is 5.53. The summed E-state index contributed by atoms with van der Waals surface area (Å²) >= 11 is 0. The van der Waals surface area contributed by atoms with Crippen LogP contribution in [0.25, 0.3) is 5.69 Å². The van der Waals surface area contributed by atoms with Gasteiger partial charge in [-0.2, -0.15) is 5.10 Å². The summed E-state index contributed by atoms with van der Waals surface area (Å²) in [6.45, 7) is 5.01. The average molecular weight is 282 g/mol. The lowest BCUT2D eigenvalue weighted by atomic mass is 9.99. The maximum atomic E-state index is 4.27. The SMILES string of the molecule is c1cnn(-c2ccc(N3CCC(N4CCC4)CC3)cc2)c1. The van der Waals surface area contributed by atoms with Crippen LogP contribution < -0.4 is 4.90 Å². The van der Waals surface area contributed by atoms with E-state index in [4.69, 9.17) is 0 Å². The van der Waals surface area contributed by atoms with Crippen molar-refractivity contribution in [2.45, 2.75) is 25.3 Å². The smallest absolute Gasteiger partial charge is 0.0647 e. The Morgan fingerprint density at radius 1 is 0.905 bits per heavy atom. The molecular formula is C17H22N4. The van der Waals surface area contributed by atoms with Crippen molar-refractivity contribution in [3.63, 3.8) is 0 Å². The second-order valence-electron chi connectivity index (χ2n) is 6.07. The Morgan fingerprint density at radius 2 is 1.62 bits per heavy atom. The van der Waals surface area contributed by atoms with Crippen molar-refractivity contribution in [3.05, 3.63) is 42.7 Å². The molecule has 2 saturated heterocycles. The van der Waals surface area contributed by atoms with E-state index in [1.807, 2.05) is 23.1 Å². The highest BCUT2D eigenvalue weighted by molar-refractivity contribution is 5.51. The first kappa shape index (κ1) is 12.9. The van der Waals surface area contributed by atoms with Crippen molar-refractivity contribution in [2.75, 3.05) is 31.1 Å². The molecule has 2 fully saturated rings. The fraction of sp³-hybridized carbons (Fsp3) is 0.471. The first-order valence-corrected chi connectivity index (χ1v) is 7.99. The molecule has 2 aliphatic heterocycles. The summed E-state index contributed by atoms with van der Waals surface area (Å²) in [4.78, 5) is 5.17. The topological polar surface area (TPSA) is 24.3 Å². The molecule has 21 heavy (non-hydrogen) atoms. The van der Waals surface area contributed by atoms with E-state index in [9.17, 15) is 0 Å². The Balaban J connectivity index is 1.40. The Bertz CT molecular complexity index is 563. The van der Waals surface area contributed by atoms with Gasteiger partial charge in [0.1, 0.15) is 0 Å². The van der Waals surface area contributed by atoms with E-state index in [0.717, 1.165) is 11.7 Å². The van der Waals surface area contributed by atoms with Crippen molar-refractivity contribution in [3.8, 4) is 5.69 Å². The van der Waals surface area contributed by atoms with Crippen molar-refractivity contribution >= 4 is 5.69 Å². The lowest BCUT2D eigenvalue weighted by molar-refractivity contribution is 0.100. The van der Waals surface area contributed by atoms with Crippen LogP contribution in [0.3, 0.4) is 0 Å². The molecule has 2 aliphatic rings. The van der Waals surface area contributed by atoms with E-state index in [0.29, 0.717) is 0 Å². The molecule has 0 atom stereocenters. The molecule has 0 aliphatic carbocycles. The van der Waals surface area contributed by atoms with Crippen LogP contribution in [-0.4, -0.2) is 46.9 Å². The summed E-state index contributed by atoms with van der Waals surface area (Å²) in [6, 6.07) is 11.5. The van der Waals surface area contributed by atoms with Crippen LogP contribution in [0.4, 0.5) is 5.69 Å². The summed E-state index contributed by atoms with van der Waals surface area (Å²) in [5.74, 6) is 0. The maximum absolute atomic E-state index is 4.27. The van der Waals surface area contributed by atoms with Crippen LogP contribution in [0.15, 0.2) is 42.7 Å². The van der Waals surface area contributed by atoms with Gasteiger partial charge in [-0.3, -0.25) is 0 Å². The molecule has 4 rings (SSSR count). The second-order valence-corrected chi connectivity index (χ2v) is 6.07. The molecule has 0 radical (unpaired) electrons. The average Bonchev–Trinajstić information content (AvgIpc) is 3.01. The molecule has 0 N–H and O–H groups in total. The number of hydrogen-bond acceptors (Lipinski definition) is 3. The third-order valence-corrected chi connectivity index (χ3v) is 4.86. The van der Waals surface area contributed by atoms with E-state index in [-0.39, 0.29) is 0 Å². The largest absolute Gasteiger partial charge is 0.371 e. The highest BCUT2D eigenvalue weighted by Crippen LogP contribution is 2.25. The van der Waals surface area contributed by atoms with E-state index >= 15 is 0 Å². The van der Waals surface area contributed by atoms with Gasteiger partial charge in [-0.15, -0.1) is 0 Å². The predicted octanol–water partition coefficient (Wildman–Crippen LogP) is 2.55. The molecule has 4 heteroatoms. The maximum Gasteiger partial charge on any atom is 0.0647 e. The molecule has 0 bridgehead atoms. The van der Waals surface area contributed by atoms with E-state index in [1.54, 1.807) is 0 Å². The van der Waals surface area contributed by atoms with Crippen molar-refractivity contribution in [1.29, 1.82) is 0 Å². The third-order valence-electron chi connectivity index (χ3n) is 4.86. The molecule has 3 heterocycles. The minimum Gasteiger partial charge on any atom is -0.371 e. The van der Waals surface area contributed by atoms with Gasteiger partial charge in [0.05, 0.1) is 5.69 Å². The molecule has 0 unspecified atom stereocenters. The number of likely N-dealkylation sites (tertiary alicyclic amines) is 1. The number of aromatic nitrogens is 2. The van der Waals surface area contributed by atoms with Crippen molar-refractivity contribution in [2.24, 2.45) is 0 Å². The lowest BCUT2D eigenvalue weighted by Crippen LogP contribution is -2.50. The highest BCUT2D eigenvalue weighted by atomic mass is 15.3. The van der Waals surface area contributed by atoms with E-state index < -0.39 is 0 Å². The third kappa shape index (κ3) is 2.56. The molecule has 1 aromatic heterocycles.